The highest BCUT2D eigenvalue weighted by atomic mass is 19.1. The monoisotopic (exact) mass is 249 g/mol. The summed E-state index contributed by atoms with van der Waals surface area (Å²) in [4.78, 5) is 0. The van der Waals surface area contributed by atoms with Crippen LogP contribution in [-0.4, -0.2) is 16.7 Å². The lowest BCUT2D eigenvalue weighted by Crippen LogP contribution is -2.00. The zero-order chi connectivity index (χ0) is 12.8. The highest BCUT2D eigenvalue weighted by molar-refractivity contribution is 5.16. The Hall–Kier alpha value is -1.75. The van der Waals surface area contributed by atoms with Gasteiger partial charge in [0.1, 0.15) is 5.82 Å². The summed E-state index contributed by atoms with van der Waals surface area (Å²) in [7, 11) is 0. The molecule has 1 heterocycles. The molecule has 4 nitrogen and oxygen atoms in total. The van der Waals surface area contributed by atoms with Crippen molar-refractivity contribution in [2.75, 3.05) is 6.54 Å². The summed E-state index contributed by atoms with van der Waals surface area (Å²) in [6.45, 7) is 0.618. The van der Waals surface area contributed by atoms with Crippen LogP contribution >= 0.6 is 0 Å². The third-order valence-electron chi connectivity index (χ3n) is 2.64. The van der Waals surface area contributed by atoms with Crippen molar-refractivity contribution in [1.29, 1.82) is 0 Å². The van der Waals surface area contributed by atoms with Gasteiger partial charge < -0.3 is 10.2 Å². The predicted molar refractivity (Wildman–Crippen MR) is 65.5 cm³/mol. The van der Waals surface area contributed by atoms with Gasteiger partial charge >= 0.3 is 0 Å². The van der Waals surface area contributed by atoms with E-state index >= 15 is 0 Å². The molecule has 0 radical (unpaired) electrons. The lowest BCUT2D eigenvalue weighted by atomic mass is 10.1. The molecule has 0 unspecified atom stereocenters. The minimum atomic E-state index is -0.222. The van der Waals surface area contributed by atoms with E-state index < -0.39 is 0 Å². The maximum atomic E-state index is 12.7. The van der Waals surface area contributed by atoms with E-state index in [1.54, 1.807) is 12.1 Å². The van der Waals surface area contributed by atoms with Crippen molar-refractivity contribution < 1.29 is 8.81 Å². The summed E-state index contributed by atoms with van der Waals surface area (Å²) in [5.74, 6) is 1.03. The van der Waals surface area contributed by atoms with E-state index in [4.69, 9.17) is 10.2 Å². The number of hydrogen-bond donors (Lipinski definition) is 1. The van der Waals surface area contributed by atoms with Crippen molar-refractivity contribution in [2.45, 2.75) is 25.7 Å². The molecule has 0 saturated heterocycles. The van der Waals surface area contributed by atoms with E-state index in [0.29, 0.717) is 24.7 Å². The quantitative estimate of drug-likeness (QED) is 0.849. The van der Waals surface area contributed by atoms with E-state index in [0.717, 1.165) is 24.8 Å². The van der Waals surface area contributed by atoms with E-state index in [1.165, 1.54) is 12.1 Å². The Balaban J connectivity index is 1.86. The molecule has 2 rings (SSSR count). The highest BCUT2D eigenvalue weighted by Crippen LogP contribution is 2.08. The smallest absolute Gasteiger partial charge is 0.216 e. The fourth-order valence-corrected chi connectivity index (χ4v) is 1.65. The van der Waals surface area contributed by atoms with Gasteiger partial charge in [0, 0.05) is 12.8 Å². The number of aromatic nitrogens is 2. The molecule has 2 aromatic rings. The van der Waals surface area contributed by atoms with E-state index in [2.05, 4.69) is 10.2 Å². The van der Waals surface area contributed by atoms with Crippen LogP contribution in [0.15, 0.2) is 28.7 Å². The van der Waals surface area contributed by atoms with Crippen LogP contribution in [0, 0.1) is 5.82 Å². The van der Waals surface area contributed by atoms with Crippen molar-refractivity contribution in [2.24, 2.45) is 5.73 Å². The van der Waals surface area contributed by atoms with Gasteiger partial charge in [-0.1, -0.05) is 12.1 Å². The molecule has 0 atom stereocenters. The zero-order valence-electron chi connectivity index (χ0n) is 10.1. The number of nitrogens with two attached hydrogens (primary N) is 1. The van der Waals surface area contributed by atoms with Crippen molar-refractivity contribution >= 4 is 0 Å². The second-order valence-electron chi connectivity index (χ2n) is 4.11. The Morgan fingerprint density at radius 2 is 1.67 bits per heavy atom. The van der Waals surface area contributed by atoms with Crippen molar-refractivity contribution in [1.82, 2.24) is 10.2 Å². The number of nitrogens with zero attached hydrogens (tertiary/aromatic N) is 2. The minimum Gasteiger partial charge on any atom is -0.425 e. The standard InChI is InChI=1S/C13H16FN3O/c14-11-6-3-10(4-7-11)5-8-13-17-16-12(18-13)2-1-9-15/h3-4,6-7H,1-2,5,8-9,15H2. The molecule has 0 aliphatic heterocycles. The van der Waals surface area contributed by atoms with Gasteiger partial charge in [-0.05, 0) is 37.1 Å². The Bertz CT molecular complexity index is 481. The fourth-order valence-electron chi connectivity index (χ4n) is 1.65. The Morgan fingerprint density at radius 3 is 2.33 bits per heavy atom. The molecule has 0 aliphatic carbocycles. The third kappa shape index (κ3) is 3.63. The van der Waals surface area contributed by atoms with E-state index in [-0.39, 0.29) is 5.82 Å². The van der Waals surface area contributed by atoms with Crippen molar-refractivity contribution in [3.8, 4) is 0 Å². The van der Waals surface area contributed by atoms with Gasteiger partial charge in [-0.15, -0.1) is 10.2 Å². The van der Waals surface area contributed by atoms with Gasteiger partial charge in [-0.25, -0.2) is 4.39 Å². The lowest BCUT2D eigenvalue weighted by Gasteiger charge is -1.97. The molecule has 0 amide bonds. The maximum Gasteiger partial charge on any atom is 0.216 e. The minimum absolute atomic E-state index is 0.222. The summed E-state index contributed by atoms with van der Waals surface area (Å²) in [5, 5.41) is 7.92. The molecule has 1 aromatic carbocycles. The summed E-state index contributed by atoms with van der Waals surface area (Å²) < 4.78 is 18.2. The molecule has 0 fully saturated rings. The molecule has 0 saturated carbocycles. The number of benzene rings is 1. The average Bonchev–Trinajstić information content (AvgIpc) is 2.84. The van der Waals surface area contributed by atoms with Gasteiger partial charge in [0.05, 0.1) is 0 Å². The SMILES string of the molecule is NCCCc1nnc(CCc2ccc(F)cc2)o1. The van der Waals surface area contributed by atoms with Crippen LogP contribution in [0.3, 0.4) is 0 Å². The number of halogens is 1. The fraction of sp³-hybridized carbons (Fsp3) is 0.385. The van der Waals surface area contributed by atoms with Crippen LogP contribution in [-0.2, 0) is 19.3 Å². The van der Waals surface area contributed by atoms with Gasteiger partial charge in [0.15, 0.2) is 0 Å². The summed E-state index contributed by atoms with van der Waals surface area (Å²) in [6.07, 6.45) is 3.00. The Morgan fingerprint density at radius 1 is 1.00 bits per heavy atom. The first-order valence-electron chi connectivity index (χ1n) is 6.03. The second-order valence-corrected chi connectivity index (χ2v) is 4.11. The Kier molecular flexibility index (Phi) is 4.41. The van der Waals surface area contributed by atoms with Crippen LogP contribution in [0.2, 0.25) is 0 Å². The molecule has 1 aromatic heterocycles. The molecule has 18 heavy (non-hydrogen) atoms. The molecule has 96 valence electrons. The van der Waals surface area contributed by atoms with E-state index in [9.17, 15) is 4.39 Å². The normalized spacial score (nSPS) is 10.8. The van der Waals surface area contributed by atoms with Gasteiger partial charge in [0.2, 0.25) is 11.8 Å². The van der Waals surface area contributed by atoms with Crippen LogP contribution in [0.1, 0.15) is 23.8 Å². The number of aryl methyl sites for hydroxylation is 3. The topological polar surface area (TPSA) is 64.9 Å². The first-order valence-corrected chi connectivity index (χ1v) is 6.03. The van der Waals surface area contributed by atoms with Gasteiger partial charge in [-0.2, -0.15) is 0 Å². The number of rotatable bonds is 6. The van der Waals surface area contributed by atoms with E-state index in [1.807, 2.05) is 0 Å². The molecule has 0 spiro atoms. The Labute approximate surface area is 105 Å². The molecule has 2 N–H and O–H groups in total. The molecule has 5 heteroatoms. The van der Waals surface area contributed by atoms with Crippen LogP contribution < -0.4 is 5.73 Å². The van der Waals surface area contributed by atoms with Gasteiger partial charge in [0.25, 0.3) is 0 Å². The largest absolute Gasteiger partial charge is 0.425 e. The second kappa shape index (κ2) is 6.26. The van der Waals surface area contributed by atoms with Crippen LogP contribution in [0.5, 0.6) is 0 Å². The van der Waals surface area contributed by atoms with Crippen molar-refractivity contribution in [3.05, 3.63) is 47.4 Å². The summed E-state index contributed by atoms with van der Waals surface area (Å²) in [6, 6.07) is 6.44. The molecule has 0 bridgehead atoms. The predicted octanol–water partition coefficient (Wildman–Crippen LogP) is 1.89. The molecular weight excluding hydrogens is 233 g/mol. The summed E-state index contributed by atoms with van der Waals surface area (Å²) in [5.41, 5.74) is 6.46. The first-order chi connectivity index (χ1) is 8.78. The zero-order valence-corrected chi connectivity index (χ0v) is 10.1. The highest BCUT2D eigenvalue weighted by Gasteiger charge is 2.05. The van der Waals surface area contributed by atoms with Crippen LogP contribution in [0.4, 0.5) is 4.39 Å². The lowest BCUT2D eigenvalue weighted by molar-refractivity contribution is 0.444. The van der Waals surface area contributed by atoms with Gasteiger partial charge in [-0.3, -0.25) is 0 Å². The average molecular weight is 249 g/mol. The molecular formula is C13H16FN3O. The van der Waals surface area contributed by atoms with Crippen molar-refractivity contribution in [3.63, 3.8) is 0 Å². The third-order valence-corrected chi connectivity index (χ3v) is 2.64. The van der Waals surface area contributed by atoms with Crippen LogP contribution in [0.25, 0.3) is 0 Å². The summed E-state index contributed by atoms with van der Waals surface area (Å²) >= 11 is 0. The first kappa shape index (κ1) is 12.7. The maximum absolute atomic E-state index is 12.7. The number of hydrogen-bond acceptors (Lipinski definition) is 4. The molecule has 0 aliphatic rings.